The van der Waals surface area contributed by atoms with E-state index in [9.17, 15) is 0 Å². The third-order valence-electron chi connectivity index (χ3n) is 4.67. The van der Waals surface area contributed by atoms with E-state index >= 15 is 0 Å². The van der Waals surface area contributed by atoms with E-state index in [1.165, 1.54) is 57.8 Å². The molecule has 0 amide bonds. The molecule has 0 aromatic heterocycles. The minimum atomic E-state index is 0.336. The lowest BCUT2D eigenvalue weighted by Crippen LogP contribution is -2.18. The highest BCUT2D eigenvalue weighted by Gasteiger charge is 2.12. The molecule has 156 valence electrons. The second-order valence-electron chi connectivity index (χ2n) is 8.20. The van der Waals surface area contributed by atoms with Crippen molar-refractivity contribution >= 4 is 0 Å². The Morgan fingerprint density at radius 2 is 1.12 bits per heavy atom. The number of unbranched alkanes of at least 4 members (excludes halogenated alkanes) is 4. The molecule has 0 fully saturated rings. The Labute approximate surface area is 165 Å². The lowest BCUT2D eigenvalue weighted by Gasteiger charge is -2.21. The van der Waals surface area contributed by atoms with E-state index < -0.39 is 0 Å². The SMILES string of the molecule is CCC=CCCC(CCCCCCC(CCCC)OC(C)C)OC(C)C. The van der Waals surface area contributed by atoms with E-state index in [0.717, 1.165) is 19.3 Å². The van der Waals surface area contributed by atoms with E-state index in [-0.39, 0.29) is 0 Å². The summed E-state index contributed by atoms with van der Waals surface area (Å²) in [5.41, 5.74) is 0. The molecule has 0 radical (unpaired) electrons. The summed E-state index contributed by atoms with van der Waals surface area (Å²) < 4.78 is 12.2. The molecule has 0 aromatic carbocycles. The lowest BCUT2D eigenvalue weighted by atomic mass is 10.0. The maximum absolute atomic E-state index is 6.11. The van der Waals surface area contributed by atoms with Gasteiger partial charge in [0.2, 0.25) is 0 Å². The summed E-state index contributed by atoms with van der Waals surface area (Å²) in [7, 11) is 0. The molecular weight excluding hydrogens is 320 g/mol. The van der Waals surface area contributed by atoms with E-state index in [1.807, 2.05) is 0 Å². The maximum atomic E-state index is 6.11. The van der Waals surface area contributed by atoms with Crippen LogP contribution in [-0.2, 0) is 9.47 Å². The van der Waals surface area contributed by atoms with Crippen LogP contribution in [0.1, 0.15) is 119 Å². The molecule has 0 bridgehead atoms. The van der Waals surface area contributed by atoms with Gasteiger partial charge in [-0.05, 0) is 66.2 Å². The van der Waals surface area contributed by atoms with Crippen molar-refractivity contribution in [3.05, 3.63) is 12.2 Å². The Hall–Kier alpha value is -0.340. The highest BCUT2D eigenvalue weighted by molar-refractivity contribution is 4.81. The van der Waals surface area contributed by atoms with Crippen molar-refractivity contribution in [1.82, 2.24) is 0 Å². The predicted molar refractivity (Wildman–Crippen MR) is 116 cm³/mol. The summed E-state index contributed by atoms with van der Waals surface area (Å²) in [6.07, 6.45) is 21.1. The number of ether oxygens (including phenoxy) is 2. The molecule has 2 nitrogen and oxygen atoms in total. The fraction of sp³-hybridized carbons (Fsp3) is 0.917. The number of hydrogen-bond donors (Lipinski definition) is 0. The van der Waals surface area contributed by atoms with Crippen molar-refractivity contribution in [2.45, 2.75) is 143 Å². The van der Waals surface area contributed by atoms with Crippen molar-refractivity contribution in [1.29, 1.82) is 0 Å². The van der Waals surface area contributed by atoms with Gasteiger partial charge in [0, 0.05) is 0 Å². The summed E-state index contributed by atoms with van der Waals surface area (Å²) in [5.74, 6) is 0. The van der Waals surface area contributed by atoms with Crippen LogP contribution in [-0.4, -0.2) is 24.4 Å². The second kappa shape index (κ2) is 18.0. The lowest BCUT2D eigenvalue weighted by molar-refractivity contribution is -0.00528. The Balaban J connectivity index is 3.93. The molecule has 2 unspecified atom stereocenters. The summed E-state index contributed by atoms with van der Waals surface area (Å²) in [5, 5.41) is 0. The summed E-state index contributed by atoms with van der Waals surface area (Å²) >= 11 is 0. The van der Waals surface area contributed by atoms with Crippen molar-refractivity contribution < 1.29 is 9.47 Å². The maximum Gasteiger partial charge on any atom is 0.0581 e. The second-order valence-corrected chi connectivity index (χ2v) is 8.20. The minimum Gasteiger partial charge on any atom is -0.376 e. The molecular formula is C24H48O2. The fourth-order valence-electron chi connectivity index (χ4n) is 3.43. The first-order chi connectivity index (χ1) is 12.5. The van der Waals surface area contributed by atoms with Crippen LogP contribution < -0.4 is 0 Å². The molecule has 2 atom stereocenters. The van der Waals surface area contributed by atoms with Crippen molar-refractivity contribution in [3.63, 3.8) is 0 Å². The predicted octanol–water partition coefficient (Wildman–Crippen LogP) is 7.85. The number of allylic oxidation sites excluding steroid dienone is 2. The van der Waals surface area contributed by atoms with E-state index in [2.05, 4.69) is 53.7 Å². The van der Waals surface area contributed by atoms with Crippen molar-refractivity contribution in [2.24, 2.45) is 0 Å². The molecule has 0 heterocycles. The highest BCUT2D eigenvalue weighted by atomic mass is 16.5. The first-order valence-electron chi connectivity index (χ1n) is 11.4. The normalized spacial score (nSPS) is 14.6. The van der Waals surface area contributed by atoms with Gasteiger partial charge >= 0.3 is 0 Å². The van der Waals surface area contributed by atoms with Crippen LogP contribution in [0.25, 0.3) is 0 Å². The molecule has 2 heteroatoms. The Kier molecular flexibility index (Phi) is 17.8. The molecule has 0 aromatic rings. The summed E-state index contributed by atoms with van der Waals surface area (Å²) in [6.45, 7) is 13.1. The van der Waals surface area contributed by atoms with Gasteiger partial charge in [-0.3, -0.25) is 0 Å². The molecule has 0 aliphatic heterocycles. The third kappa shape index (κ3) is 17.1. The Bertz CT molecular complexity index is 309. The molecule has 0 N–H and O–H groups in total. The average molecular weight is 369 g/mol. The highest BCUT2D eigenvalue weighted by Crippen LogP contribution is 2.18. The van der Waals surface area contributed by atoms with Crippen LogP contribution in [0.5, 0.6) is 0 Å². The molecule has 0 aliphatic carbocycles. The smallest absolute Gasteiger partial charge is 0.0581 e. The van der Waals surface area contributed by atoms with Gasteiger partial charge in [-0.1, -0.05) is 64.5 Å². The zero-order chi connectivity index (χ0) is 19.6. The quantitative estimate of drug-likeness (QED) is 0.181. The Morgan fingerprint density at radius 3 is 1.58 bits per heavy atom. The van der Waals surface area contributed by atoms with Crippen molar-refractivity contribution in [3.8, 4) is 0 Å². The van der Waals surface area contributed by atoms with Crippen LogP contribution in [0, 0.1) is 0 Å². The van der Waals surface area contributed by atoms with Gasteiger partial charge < -0.3 is 9.47 Å². The Morgan fingerprint density at radius 1 is 0.615 bits per heavy atom. The molecule has 0 saturated carbocycles. The van der Waals surface area contributed by atoms with Crippen LogP contribution in [0.2, 0.25) is 0 Å². The van der Waals surface area contributed by atoms with Gasteiger partial charge in [0.25, 0.3) is 0 Å². The first kappa shape index (κ1) is 25.7. The molecule has 26 heavy (non-hydrogen) atoms. The van der Waals surface area contributed by atoms with E-state index in [4.69, 9.17) is 9.47 Å². The standard InChI is InChI=1S/C24H48O2/c1-7-9-11-14-18-24(26-22(5)6)20-16-13-12-15-19-23(17-10-8-2)25-21(3)4/h9,11,21-24H,7-8,10,12-20H2,1-6H3. The monoisotopic (exact) mass is 368 g/mol. The topological polar surface area (TPSA) is 18.5 Å². The average Bonchev–Trinajstić information content (AvgIpc) is 2.58. The molecule has 0 spiro atoms. The van der Waals surface area contributed by atoms with Crippen LogP contribution in [0.3, 0.4) is 0 Å². The third-order valence-corrected chi connectivity index (χ3v) is 4.67. The van der Waals surface area contributed by atoms with Gasteiger partial charge in [-0.15, -0.1) is 0 Å². The number of hydrogen-bond acceptors (Lipinski definition) is 2. The van der Waals surface area contributed by atoms with Gasteiger partial charge in [0.1, 0.15) is 0 Å². The summed E-state index contributed by atoms with van der Waals surface area (Å²) in [6, 6.07) is 0. The largest absolute Gasteiger partial charge is 0.376 e. The first-order valence-corrected chi connectivity index (χ1v) is 11.4. The van der Waals surface area contributed by atoms with Crippen molar-refractivity contribution in [2.75, 3.05) is 0 Å². The number of rotatable bonds is 18. The zero-order valence-electron chi connectivity index (χ0n) is 18.8. The van der Waals surface area contributed by atoms with Gasteiger partial charge in [-0.2, -0.15) is 0 Å². The molecule has 0 aliphatic rings. The van der Waals surface area contributed by atoms with Crippen LogP contribution in [0.15, 0.2) is 12.2 Å². The minimum absolute atomic E-state index is 0.336. The van der Waals surface area contributed by atoms with Crippen LogP contribution >= 0.6 is 0 Å². The van der Waals surface area contributed by atoms with Gasteiger partial charge in [0.05, 0.1) is 24.4 Å². The fourth-order valence-corrected chi connectivity index (χ4v) is 3.43. The van der Waals surface area contributed by atoms with Gasteiger partial charge in [0.15, 0.2) is 0 Å². The molecule has 0 saturated heterocycles. The van der Waals surface area contributed by atoms with E-state index in [1.54, 1.807) is 0 Å². The van der Waals surface area contributed by atoms with Gasteiger partial charge in [-0.25, -0.2) is 0 Å². The van der Waals surface area contributed by atoms with Crippen LogP contribution in [0.4, 0.5) is 0 Å². The molecule has 0 rings (SSSR count). The summed E-state index contributed by atoms with van der Waals surface area (Å²) in [4.78, 5) is 0. The van der Waals surface area contributed by atoms with E-state index in [0.29, 0.717) is 24.4 Å². The zero-order valence-corrected chi connectivity index (χ0v) is 18.8.